The fourth-order valence-electron chi connectivity index (χ4n) is 3.38. The molecule has 0 atom stereocenters. The van der Waals surface area contributed by atoms with Crippen LogP contribution in [0.15, 0.2) is 15.3 Å². The summed E-state index contributed by atoms with van der Waals surface area (Å²) in [5.74, 6) is -0.333. The lowest BCUT2D eigenvalue weighted by atomic mass is 9.94. The molecule has 33 heavy (non-hydrogen) atoms. The standard InChI is InChI=1S/C24H42N6O3/c1-7-10-13-28(19(4)31)25-22-16-23(26-29(20(5)32)14-11-8-2)18-24(17-22)27-30(21(6)33)15-12-9-3/h7-18H2,1-6H3. The van der Waals surface area contributed by atoms with Crippen LogP contribution in [-0.2, 0) is 14.4 Å². The Morgan fingerprint density at radius 3 is 1.00 bits per heavy atom. The summed E-state index contributed by atoms with van der Waals surface area (Å²) in [5, 5.41) is 18.4. The van der Waals surface area contributed by atoms with Gasteiger partial charge < -0.3 is 0 Å². The molecular weight excluding hydrogens is 420 g/mol. The van der Waals surface area contributed by atoms with Crippen LogP contribution in [0.5, 0.6) is 0 Å². The molecule has 0 heterocycles. The zero-order chi connectivity index (χ0) is 24.8. The van der Waals surface area contributed by atoms with Crippen molar-refractivity contribution < 1.29 is 14.4 Å². The summed E-state index contributed by atoms with van der Waals surface area (Å²) in [6, 6.07) is 0. The van der Waals surface area contributed by atoms with Gasteiger partial charge in [0.2, 0.25) is 17.7 Å². The number of hydrogen-bond donors (Lipinski definition) is 0. The minimum atomic E-state index is -0.111. The molecule has 1 fully saturated rings. The number of unbranched alkanes of at least 4 members (excludes halogenated alkanes) is 3. The second kappa shape index (κ2) is 15.3. The van der Waals surface area contributed by atoms with Crippen molar-refractivity contribution in [2.45, 2.75) is 99.3 Å². The predicted octanol–water partition coefficient (Wildman–Crippen LogP) is 4.18. The van der Waals surface area contributed by atoms with E-state index in [1.165, 1.54) is 35.8 Å². The molecule has 1 rings (SSSR count). The molecule has 1 aliphatic carbocycles. The Morgan fingerprint density at radius 1 is 0.576 bits per heavy atom. The number of amides is 3. The molecule has 9 heteroatoms. The highest BCUT2D eigenvalue weighted by atomic mass is 16.2. The molecule has 0 saturated heterocycles. The predicted molar refractivity (Wildman–Crippen MR) is 133 cm³/mol. The van der Waals surface area contributed by atoms with E-state index in [1.807, 2.05) is 0 Å². The molecule has 0 spiro atoms. The first-order valence-corrected chi connectivity index (χ1v) is 12.2. The smallest absolute Gasteiger partial charge is 0.239 e. The van der Waals surface area contributed by atoms with Crippen LogP contribution >= 0.6 is 0 Å². The number of carbonyl (C=O) groups excluding carboxylic acids is 3. The van der Waals surface area contributed by atoms with Gasteiger partial charge in [0, 0.05) is 76.8 Å². The van der Waals surface area contributed by atoms with E-state index < -0.39 is 0 Å². The number of hydrogen-bond acceptors (Lipinski definition) is 6. The van der Waals surface area contributed by atoms with Crippen molar-refractivity contribution in [3.63, 3.8) is 0 Å². The van der Waals surface area contributed by atoms with Crippen LogP contribution in [0, 0.1) is 0 Å². The molecule has 0 N–H and O–H groups in total. The second-order valence-corrected chi connectivity index (χ2v) is 8.52. The van der Waals surface area contributed by atoms with E-state index in [2.05, 4.69) is 36.1 Å². The van der Waals surface area contributed by atoms with Crippen LogP contribution < -0.4 is 0 Å². The summed E-state index contributed by atoms with van der Waals surface area (Å²) < 4.78 is 0. The van der Waals surface area contributed by atoms with Crippen molar-refractivity contribution in [1.82, 2.24) is 15.0 Å². The third-order valence-corrected chi connectivity index (χ3v) is 5.27. The van der Waals surface area contributed by atoms with Crippen molar-refractivity contribution in [2.24, 2.45) is 15.3 Å². The first kappa shape index (κ1) is 28.5. The third kappa shape index (κ3) is 10.7. The van der Waals surface area contributed by atoms with Gasteiger partial charge in [0.25, 0.3) is 0 Å². The van der Waals surface area contributed by atoms with Crippen LogP contribution in [-0.4, -0.2) is 69.5 Å². The van der Waals surface area contributed by atoms with Crippen molar-refractivity contribution in [3.05, 3.63) is 0 Å². The molecular formula is C24H42N6O3. The Labute approximate surface area is 198 Å². The van der Waals surface area contributed by atoms with Gasteiger partial charge in [-0.3, -0.25) is 14.4 Å². The average molecular weight is 463 g/mol. The molecule has 0 aromatic carbocycles. The Hall–Kier alpha value is -2.58. The molecule has 1 saturated carbocycles. The van der Waals surface area contributed by atoms with Gasteiger partial charge in [-0.1, -0.05) is 40.0 Å². The number of nitrogens with zero attached hydrogens (tertiary/aromatic N) is 6. The summed E-state index contributed by atoms with van der Waals surface area (Å²) in [5.41, 5.74) is 2.30. The fraction of sp³-hybridized carbons (Fsp3) is 0.750. The Bertz CT molecular complexity index is 647. The van der Waals surface area contributed by atoms with Gasteiger partial charge in [-0.15, -0.1) is 0 Å². The van der Waals surface area contributed by atoms with Gasteiger partial charge in [-0.05, 0) is 19.3 Å². The van der Waals surface area contributed by atoms with E-state index >= 15 is 0 Å². The van der Waals surface area contributed by atoms with E-state index in [0.29, 0.717) is 38.9 Å². The summed E-state index contributed by atoms with van der Waals surface area (Å²) in [6.07, 6.45) is 6.89. The SMILES string of the molecule is CCCCN(N=C1CC(=NN(CCCC)C(C)=O)CC(=NN(CCCC)C(C)=O)C1)C(C)=O. The van der Waals surface area contributed by atoms with Gasteiger partial charge in [-0.25, -0.2) is 15.0 Å². The molecule has 0 unspecified atom stereocenters. The number of rotatable bonds is 12. The maximum atomic E-state index is 12.1. The zero-order valence-electron chi connectivity index (χ0n) is 21.4. The van der Waals surface area contributed by atoms with Crippen LogP contribution in [0.2, 0.25) is 0 Å². The Morgan fingerprint density at radius 2 is 0.818 bits per heavy atom. The zero-order valence-corrected chi connectivity index (χ0v) is 21.4. The highest BCUT2D eigenvalue weighted by molar-refractivity contribution is 6.23. The monoisotopic (exact) mass is 462 g/mol. The highest BCUT2D eigenvalue weighted by Gasteiger charge is 2.24. The Balaban J connectivity index is 3.31. The molecule has 3 amide bonds. The first-order chi connectivity index (χ1) is 15.7. The lowest BCUT2D eigenvalue weighted by Crippen LogP contribution is -2.34. The van der Waals surface area contributed by atoms with Crippen LogP contribution in [0.1, 0.15) is 99.3 Å². The van der Waals surface area contributed by atoms with E-state index in [1.54, 1.807) is 0 Å². The number of hydrazone groups is 3. The van der Waals surface area contributed by atoms with Crippen LogP contribution in [0.4, 0.5) is 0 Å². The first-order valence-electron chi connectivity index (χ1n) is 12.2. The Kier molecular flexibility index (Phi) is 13.2. The minimum absolute atomic E-state index is 0.111. The summed E-state index contributed by atoms with van der Waals surface area (Å²) >= 11 is 0. The minimum Gasteiger partial charge on any atom is -0.273 e. The van der Waals surface area contributed by atoms with Gasteiger partial charge >= 0.3 is 0 Å². The molecule has 1 aliphatic rings. The molecule has 0 bridgehead atoms. The van der Waals surface area contributed by atoms with Crippen molar-refractivity contribution in [3.8, 4) is 0 Å². The highest BCUT2D eigenvalue weighted by Crippen LogP contribution is 2.16. The molecule has 0 aromatic rings. The van der Waals surface area contributed by atoms with Crippen LogP contribution in [0.25, 0.3) is 0 Å². The second-order valence-electron chi connectivity index (χ2n) is 8.52. The van der Waals surface area contributed by atoms with E-state index in [9.17, 15) is 14.4 Å². The molecule has 0 aromatic heterocycles. The lowest BCUT2D eigenvalue weighted by Gasteiger charge is -2.25. The fourth-order valence-corrected chi connectivity index (χ4v) is 3.38. The maximum Gasteiger partial charge on any atom is 0.239 e. The van der Waals surface area contributed by atoms with Crippen LogP contribution in [0.3, 0.4) is 0 Å². The average Bonchev–Trinajstić information content (AvgIpc) is 2.76. The molecule has 0 aliphatic heterocycles. The van der Waals surface area contributed by atoms with E-state index in [-0.39, 0.29) is 17.7 Å². The van der Waals surface area contributed by atoms with Gasteiger partial charge in [-0.2, -0.15) is 15.3 Å². The number of carbonyl (C=O) groups is 3. The van der Waals surface area contributed by atoms with Gasteiger partial charge in [0.15, 0.2) is 0 Å². The molecule has 9 nitrogen and oxygen atoms in total. The van der Waals surface area contributed by atoms with E-state index in [4.69, 9.17) is 0 Å². The van der Waals surface area contributed by atoms with Crippen molar-refractivity contribution >= 4 is 34.9 Å². The normalized spacial score (nSPS) is 13.5. The van der Waals surface area contributed by atoms with Gasteiger partial charge in [0.1, 0.15) is 0 Å². The molecule has 186 valence electrons. The topological polar surface area (TPSA) is 98.0 Å². The summed E-state index contributed by atoms with van der Waals surface area (Å²) in [6.45, 7) is 12.4. The largest absolute Gasteiger partial charge is 0.273 e. The lowest BCUT2D eigenvalue weighted by molar-refractivity contribution is -0.129. The summed E-state index contributed by atoms with van der Waals surface area (Å²) in [7, 11) is 0. The van der Waals surface area contributed by atoms with E-state index in [0.717, 1.165) is 55.7 Å². The quantitative estimate of drug-likeness (QED) is 0.407. The third-order valence-electron chi connectivity index (χ3n) is 5.27. The van der Waals surface area contributed by atoms with Crippen molar-refractivity contribution in [2.75, 3.05) is 19.6 Å². The van der Waals surface area contributed by atoms with Gasteiger partial charge in [0.05, 0.1) is 0 Å². The maximum absolute atomic E-state index is 12.1. The van der Waals surface area contributed by atoms with Crippen molar-refractivity contribution in [1.29, 1.82) is 0 Å². The summed E-state index contributed by atoms with van der Waals surface area (Å²) in [4.78, 5) is 36.3. The molecule has 0 radical (unpaired) electrons.